The first-order valence-corrected chi connectivity index (χ1v) is 6.19. The van der Waals surface area contributed by atoms with Crippen molar-refractivity contribution < 1.29 is 18.9 Å². The minimum Gasteiger partial charge on any atom is -0.497 e. The van der Waals surface area contributed by atoms with Crippen LogP contribution in [0.5, 0.6) is 23.0 Å². The summed E-state index contributed by atoms with van der Waals surface area (Å²) in [5.74, 6) is 2.78. The molecule has 20 heavy (non-hydrogen) atoms. The Labute approximate surface area is 117 Å². The molecule has 0 amide bonds. The van der Waals surface area contributed by atoms with E-state index in [2.05, 4.69) is 5.32 Å². The molecule has 0 fully saturated rings. The molecular formula is C15H15NO4. The summed E-state index contributed by atoms with van der Waals surface area (Å²) in [6.45, 7) is 0.201. The molecule has 0 radical (unpaired) electrons. The highest BCUT2D eigenvalue weighted by atomic mass is 16.7. The molecule has 2 aromatic carbocycles. The maximum Gasteiger partial charge on any atom is 0.231 e. The van der Waals surface area contributed by atoms with E-state index in [1.54, 1.807) is 14.2 Å². The van der Waals surface area contributed by atoms with Gasteiger partial charge < -0.3 is 24.3 Å². The van der Waals surface area contributed by atoms with Crippen LogP contribution >= 0.6 is 0 Å². The maximum atomic E-state index is 5.50. The summed E-state index contributed by atoms with van der Waals surface area (Å²) in [4.78, 5) is 0. The Hall–Kier alpha value is -2.56. The predicted octanol–water partition coefficient (Wildman–Crippen LogP) is 3.18. The molecule has 5 nitrogen and oxygen atoms in total. The van der Waals surface area contributed by atoms with Crippen molar-refractivity contribution in [2.75, 3.05) is 26.3 Å². The number of methoxy groups -OCH3 is 2. The fourth-order valence-corrected chi connectivity index (χ4v) is 2.06. The quantitative estimate of drug-likeness (QED) is 0.927. The Morgan fingerprint density at radius 1 is 0.900 bits per heavy atom. The molecule has 1 heterocycles. The molecule has 1 N–H and O–H groups in total. The second kappa shape index (κ2) is 5.21. The van der Waals surface area contributed by atoms with E-state index in [-0.39, 0.29) is 6.79 Å². The number of nitrogens with one attached hydrogen (secondary N) is 1. The minimum absolute atomic E-state index is 0.201. The molecule has 0 saturated heterocycles. The van der Waals surface area contributed by atoms with Gasteiger partial charge in [0.2, 0.25) is 12.5 Å². The van der Waals surface area contributed by atoms with Gasteiger partial charge in [-0.25, -0.2) is 0 Å². The first-order valence-electron chi connectivity index (χ1n) is 6.19. The van der Waals surface area contributed by atoms with Crippen LogP contribution in [0, 0.1) is 0 Å². The highest BCUT2D eigenvalue weighted by Crippen LogP contribution is 2.46. The first kappa shape index (κ1) is 12.5. The topological polar surface area (TPSA) is 49.0 Å². The summed E-state index contributed by atoms with van der Waals surface area (Å²) >= 11 is 0. The lowest BCUT2D eigenvalue weighted by atomic mass is 10.2. The van der Waals surface area contributed by atoms with E-state index < -0.39 is 0 Å². The summed E-state index contributed by atoms with van der Waals surface area (Å²) in [6.07, 6.45) is 0. The number of rotatable bonds is 4. The second-order valence-corrected chi connectivity index (χ2v) is 4.23. The first-order chi connectivity index (χ1) is 9.81. The molecule has 0 saturated carbocycles. The lowest BCUT2D eigenvalue weighted by molar-refractivity contribution is 0.171. The SMILES string of the molecule is COc1ccc(Nc2ccc(OC)c3c2OCO3)cc1. The molecule has 0 unspecified atom stereocenters. The third kappa shape index (κ3) is 2.18. The van der Waals surface area contributed by atoms with E-state index in [4.69, 9.17) is 18.9 Å². The predicted molar refractivity (Wildman–Crippen MR) is 75.4 cm³/mol. The molecule has 3 rings (SSSR count). The van der Waals surface area contributed by atoms with Crippen LogP contribution in [0.15, 0.2) is 36.4 Å². The van der Waals surface area contributed by atoms with Gasteiger partial charge in [0.05, 0.1) is 19.9 Å². The second-order valence-electron chi connectivity index (χ2n) is 4.23. The van der Waals surface area contributed by atoms with Crippen LogP contribution < -0.4 is 24.3 Å². The van der Waals surface area contributed by atoms with Gasteiger partial charge in [0.1, 0.15) is 5.75 Å². The molecule has 5 heteroatoms. The summed E-state index contributed by atoms with van der Waals surface area (Å²) in [5, 5.41) is 3.29. The normalized spacial score (nSPS) is 12.1. The molecule has 0 aliphatic carbocycles. The van der Waals surface area contributed by atoms with Crippen LogP contribution in [0.25, 0.3) is 0 Å². The number of anilines is 2. The van der Waals surface area contributed by atoms with Gasteiger partial charge >= 0.3 is 0 Å². The molecule has 104 valence electrons. The van der Waals surface area contributed by atoms with Crippen LogP contribution in [0.4, 0.5) is 11.4 Å². The summed E-state index contributed by atoms with van der Waals surface area (Å²) in [7, 11) is 3.25. The van der Waals surface area contributed by atoms with Crippen molar-refractivity contribution in [3.63, 3.8) is 0 Å². The largest absolute Gasteiger partial charge is 0.497 e. The average Bonchev–Trinajstić information content (AvgIpc) is 2.98. The highest BCUT2D eigenvalue weighted by Gasteiger charge is 2.22. The highest BCUT2D eigenvalue weighted by molar-refractivity contribution is 5.73. The standard InChI is InChI=1S/C15H15NO4/c1-17-11-5-3-10(4-6-11)16-12-7-8-13(18-2)15-14(12)19-9-20-15/h3-8,16H,9H2,1-2H3. The van der Waals surface area contributed by atoms with Gasteiger partial charge in [0, 0.05) is 5.69 Å². The Morgan fingerprint density at radius 2 is 1.65 bits per heavy atom. The number of ether oxygens (including phenoxy) is 4. The minimum atomic E-state index is 0.201. The Morgan fingerprint density at radius 3 is 2.35 bits per heavy atom. The number of fused-ring (bicyclic) bond motifs is 1. The zero-order valence-electron chi connectivity index (χ0n) is 11.3. The Kier molecular flexibility index (Phi) is 3.25. The van der Waals surface area contributed by atoms with Crippen molar-refractivity contribution in [2.45, 2.75) is 0 Å². The van der Waals surface area contributed by atoms with E-state index in [1.165, 1.54) is 0 Å². The van der Waals surface area contributed by atoms with Crippen LogP contribution in [0.1, 0.15) is 0 Å². The van der Waals surface area contributed by atoms with Gasteiger partial charge in [-0.3, -0.25) is 0 Å². The van der Waals surface area contributed by atoms with Crippen molar-refractivity contribution in [1.29, 1.82) is 0 Å². The molecule has 2 aromatic rings. The molecule has 1 aliphatic rings. The van der Waals surface area contributed by atoms with Crippen LogP contribution in [0.2, 0.25) is 0 Å². The summed E-state index contributed by atoms with van der Waals surface area (Å²) in [5.41, 5.74) is 1.78. The zero-order valence-corrected chi connectivity index (χ0v) is 11.3. The number of hydrogen-bond acceptors (Lipinski definition) is 5. The fourth-order valence-electron chi connectivity index (χ4n) is 2.06. The van der Waals surface area contributed by atoms with Gasteiger partial charge in [0.25, 0.3) is 0 Å². The van der Waals surface area contributed by atoms with Gasteiger partial charge in [-0.05, 0) is 36.4 Å². The maximum absolute atomic E-state index is 5.50. The molecule has 0 atom stereocenters. The lowest BCUT2D eigenvalue weighted by Crippen LogP contribution is -1.95. The van der Waals surface area contributed by atoms with Crippen LogP contribution in [0.3, 0.4) is 0 Å². The Balaban J connectivity index is 1.89. The smallest absolute Gasteiger partial charge is 0.231 e. The van der Waals surface area contributed by atoms with E-state index in [0.717, 1.165) is 17.1 Å². The number of benzene rings is 2. The van der Waals surface area contributed by atoms with E-state index in [9.17, 15) is 0 Å². The molecule has 1 aliphatic heterocycles. The van der Waals surface area contributed by atoms with Crippen molar-refractivity contribution in [3.05, 3.63) is 36.4 Å². The molecule has 0 aromatic heterocycles. The third-order valence-electron chi connectivity index (χ3n) is 3.07. The van der Waals surface area contributed by atoms with Gasteiger partial charge in [0.15, 0.2) is 11.5 Å². The summed E-state index contributed by atoms with van der Waals surface area (Å²) in [6, 6.07) is 11.4. The van der Waals surface area contributed by atoms with Gasteiger partial charge in [-0.15, -0.1) is 0 Å². The number of hydrogen-bond donors (Lipinski definition) is 1. The fraction of sp³-hybridized carbons (Fsp3) is 0.200. The van der Waals surface area contributed by atoms with Crippen LogP contribution in [-0.2, 0) is 0 Å². The van der Waals surface area contributed by atoms with Crippen molar-refractivity contribution in [3.8, 4) is 23.0 Å². The molecule has 0 spiro atoms. The monoisotopic (exact) mass is 273 g/mol. The molecular weight excluding hydrogens is 258 g/mol. The van der Waals surface area contributed by atoms with Gasteiger partial charge in [-0.1, -0.05) is 0 Å². The zero-order chi connectivity index (χ0) is 13.9. The van der Waals surface area contributed by atoms with Crippen molar-refractivity contribution >= 4 is 11.4 Å². The van der Waals surface area contributed by atoms with Gasteiger partial charge in [-0.2, -0.15) is 0 Å². The van der Waals surface area contributed by atoms with Crippen LogP contribution in [-0.4, -0.2) is 21.0 Å². The molecule has 0 bridgehead atoms. The van der Waals surface area contributed by atoms with E-state index in [0.29, 0.717) is 17.2 Å². The van der Waals surface area contributed by atoms with E-state index in [1.807, 2.05) is 36.4 Å². The van der Waals surface area contributed by atoms with Crippen molar-refractivity contribution in [2.24, 2.45) is 0 Å². The summed E-state index contributed by atoms with van der Waals surface area (Å²) < 4.78 is 21.3. The average molecular weight is 273 g/mol. The van der Waals surface area contributed by atoms with E-state index >= 15 is 0 Å². The Bertz CT molecular complexity index is 610. The van der Waals surface area contributed by atoms with Crippen molar-refractivity contribution in [1.82, 2.24) is 0 Å². The lowest BCUT2D eigenvalue weighted by Gasteiger charge is -2.11. The third-order valence-corrected chi connectivity index (χ3v) is 3.07.